The maximum absolute atomic E-state index is 12.1. The monoisotopic (exact) mass is 373 g/mol. The zero-order valence-electron chi connectivity index (χ0n) is 17.1. The van der Waals surface area contributed by atoms with E-state index in [9.17, 15) is 14.4 Å². The van der Waals surface area contributed by atoms with E-state index in [2.05, 4.69) is 12.2 Å². The van der Waals surface area contributed by atoms with Crippen molar-refractivity contribution >= 4 is 18.0 Å². The summed E-state index contributed by atoms with van der Waals surface area (Å²) in [6, 6.07) is -0.963. The molecule has 0 saturated carbocycles. The number of ether oxygens (including phenoxy) is 3. The van der Waals surface area contributed by atoms with Gasteiger partial charge in [-0.25, -0.2) is 9.59 Å². The number of carbonyl (C=O) groups excluding carboxylic acids is 3. The van der Waals surface area contributed by atoms with E-state index in [1.807, 2.05) is 0 Å². The van der Waals surface area contributed by atoms with Crippen molar-refractivity contribution in [2.24, 2.45) is 5.92 Å². The van der Waals surface area contributed by atoms with Crippen molar-refractivity contribution in [3.63, 3.8) is 0 Å². The number of rotatable bonds is 11. The van der Waals surface area contributed by atoms with E-state index in [0.717, 1.165) is 32.1 Å². The number of carbonyl (C=O) groups is 3. The second-order valence-electron chi connectivity index (χ2n) is 7.38. The van der Waals surface area contributed by atoms with Gasteiger partial charge in [0.2, 0.25) is 0 Å². The van der Waals surface area contributed by atoms with E-state index in [4.69, 9.17) is 14.2 Å². The molecule has 0 aliphatic rings. The van der Waals surface area contributed by atoms with Gasteiger partial charge in [0.15, 0.2) is 0 Å². The smallest absolute Gasteiger partial charge is 0.408 e. The fourth-order valence-corrected chi connectivity index (χ4v) is 2.58. The number of unbranched alkanes of at least 4 members (excludes halogenated alkanes) is 4. The molecular formula is C19H35NO6. The summed E-state index contributed by atoms with van der Waals surface area (Å²) < 4.78 is 14.8. The first-order chi connectivity index (χ1) is 12.1. The quantitative estimate of drug-likeness (QED) is 0.338. The zero-order chi connectivity index (χ0) is 20.2. The van der Waals surface area contributed by atoms with E-state index in [-0.39, 0.29) is 12.4 Å². The average molecular weight is 373 g/mol. The molecule has 7 nitrogen and oxygen atoms in total. The lowest BCUT2D eigenvalue weighted by molar-refractivity contribution is -0.148. The predicted molar refractivity (Wildman–Crippen MR) is 98.7 cm³/mol. The fourth-order valence-electron chi connectivity index (χ4n) is 2.58. The van der Waals surface area contributed by atoms with Crippen LogP contribution in [0.25, 0.3) is 0 Å². The van der Waals surface area contributed by atoms with Crippen molar-refractivity contribution in [1.82, 2.24) is 5.32 Å². The normalized spacial score (nSPS) is 13.5. The van der Waals surface area contributed by atoms with Crippen LogP contribution in [0, 0.1) is 5.92 Å². The Kier molecular flexibility index (Phi) is 11.7. The highest BCUT2D eigenvalue weighted by atomic mass is 16.6. The molecule has 0 unspecified atom stereocenters. The number of amides is 1. The minimum absolute atomic E-state index is 0.117. The van der Waals surface area contributed by atoms with Crippen LogP contribution in [0.3, 0.4) is 0 Å². The predicted octanol–water partition coefficient (Wildman–Crippen LogP) is 3.59. The molecule has 26 heavy (non-hydrogen) atoms. The van der Waals surface area contributed by atoms with E-state index >= 15 is 0 Å². The maximum Gasteiger partial charge on any atom is 0.408 e. The first-order valence-corrected chi connectivity index (χ1v) is 9.29. The van der Waals surface area contributed by atoms with Gasteiger partial charge in [0.1, 0.15) is 11.6 Å². The third kappa shape index (κ3) is 10.9. The Morgan fingerprint density at radius 1 is 0.923 bits per heavy atom. The Labute approximate surface area is 157 Å². The van der Waals surface area contributed by atoms with Crippen LogP contribution in [-0.4, -0.2) is 43.9 Å². The number of esters is 2. The van der Waals surface area contributed by atoms with Crippen LogP contribution in [0.2, 0.25) is 0 Å². The summed E-state index contributed by atoms with van der Waals surface area (Å²) >= 11 is 0. The molecule has 0 heterocycles. The van der Waals surface area contributed by atoms with E-state index in [0.29, 0.717) is 6.42 Å². The molecule has 2 atom stereocenters. The minimum Gasteiger partial charge on any atom is -0.469 e. The molecule has 0 aliphatic heterocycles. The van der Waals surface area contributed by atoms with Gasteiger partial charge in [-0.1, -0.05) is 39.0 Å². The minimum atomic E-state index is -0.963. The van der Waals surface area contributed by atoms with Crippen molar-refractivity contribution in [3.8, 4) is 0 Å². The van der Waals surface area contributed by atoms with Gasteiger partial charge in [0, 0.05) is 0 Å². The Hall–Kier alpha value is -1.79. The fraction of sp³-hybridized carbons (Fsp3) is 0.842. The van der Waals surface area contributed by atoms with Gasteiger partial charge in [-0.3, -0.25) is 4.79 Å². The molecule has 0 aromatic rings. The van der Waals surface area contributed by atoms with Crippen molar-refractivity contribution in [2.45, 2.75) is 84.3 Å². The molecule has 0 aromatic carbocycles. The van der Waals surface area contributed by atoms with Gasteiger partial charge in [0.25, 0.3) is 0 Å². The lowest BCUT2D eigenvalue weighted by Gasteiger charge is -2.24. The second-order valence-corrected chi connectivity index (χ2v) is 7.38. The van der Waals surface area contributed by atoms with E-state index in [1.165, 1.54) is 14.2 Å². The maximum atomic E-state index is 12.1. The molecular weight excluding hydrogens is 338 g/mol. The van der Waals surface area contributed by atoms with Gasteiger partial charge >= 0.3 is 18.0 Å². The van der Waals surface area contributed by atoms with E-state index in [1.54, 1.807) is 20.8 Å². The van der Waals surface area contributed by atoms with Crippen LogP contribution in [0.5, 0.6) is 0 Å². The van der Waals surface area contributed by atoms with Gasteiger partial charge < -0.3 is 19.5 Å². The van der Waals surface area contributed by atoms with Crippen molar-refractivity contribution in [2.75, 3.05) is 14.2 Å². The summed E-state index contributed by atoms with van der Waals surface area (Å²) in [4.78, 5) is 36.1. The standard InChI is InChI=1S/C19H35NO6/c1-7-8-9-10-11-12-14(16(21)24-5)13-15(17(22)25-6)20-18(23)26-19(2,3)4/h14-15H,7-13H2,1-6H3,(H,20,23)/t14-,15-/m0/s1. The third-order valence-electron chi connectivity index (χ3n) is 3.89. The van der Waals surface area contributed by atoms with Gasteiger partial charge in [-0.15, -0.1) is 0 Å². The van der Waals surface area contributed by atoms with Crippen molar-refractivity contribution < 1.29 is 28.6 Å². The molecule has 0 saturated heterocycles. The van der Waals surface area contributed by atoms with Crippen molar-refractivity contribution in [3.05, 3.63) is 0 Å². The highest BCUT2D eigenvalue weighted by Crippen LogP contribution is 2.19. The number of hydrogen-bond acceptors (Lipinski definition) is 6. The molecule has 1 N–H and O–H groups in total. The van der Waals surface area contributed by atoms with Crippen LogP contribution in [0.1, 0.15) is 72.6 Å². The Morgan fingerprint density at radius 3 is 2.00 bits per heavy atom. The summed E-state index contributed by atoms with van der Waals surface area (Å²) in [5.74, 6) is -1.49. The first-order valence-electron chi connectivity index (χ1n) is 9.29. The zero-order valence-corrected chi connectivity index (χ0v) is 17.1. The summed E-state index contributed by atoms with van der Waals surface area (Å²) in [7, 11) is 2.56. The van der Waals surface area contributed by atoms with Crippen LogP contribution in [0.15, 0.2) is 0 Å². The summed E-state index contributed by atoms with van der Waals surface area (Å²) in [6.45, 7) is 7.33. The molecule has 0 spiro atoms. The topological polar surface area (TPSA) is 90.9 Å². The molecule has 0 rings (SSSR count). The van der Waals surface area contributed by atoms with Gasteiger partial charge in [-0.2, -0.15) is 0 Å². The van der Waals surface area contributed by atoms with Gasteiger partial charge in [0.05, 0.1) is 20.1 Å². The van der Waals surface area contributed by atoms with Crippen LogP contribution < -0.4 is 5.32 Å². The number of hydrogen-bond donors (Lipinski definition) is 1. The summed E-state index contributed by atoms with van der Waals surface area (Å²) in [5.41, 5.74) is -0.689. The number of nitrogens with one attached hydrogen (secondary N) is 1. The summed E-state index contributed by atoms with van der Waals surface area (Å²) in [6.07, 6.45) is 5.29. The molecule has 7 heteroatoms. The third-order valence-corrected chi connectivity index (χ3v) is 3.89. The highest BCUT2D eigenvalue weighted by molar-refractivity contribution is 5.82. The molecule has 0 aliphatic carbocycles. The van der Waals surface area contributed by atoms with Crippen LogP contribution in [0.4, 0.5) is 4.79 Å². The van der Waals surface area contributed by atoms with Crippen LogP contribution in [-0.2, 0) is 23.8 Å². The van der Waals surface area contributed by atoms with E-state index < -0.39 is 29.6 Å². The number of alkyl carbamates (subject to hydrolysis) is 1. The molecule has 0 radical (unpaired) electrons. The first kappa shape index (κ1) is 24.2. The SMILES string of the molecule is CCCCCCC[C@@H](C[C@H](NC(=O)OC(C)(C)C)C(=O)OC)C(=O)OC. The molecule has 1 amide bonds. The molecule has 152 valence electrons. The van der Waals surface area contributed by atoms with Crippen LogP contribution >= 0.6 is 0 Å². The molecule has 0 aromatic heterocycles. The molecule has 0 fully saturated rings. The Bertz CT molecular complexity index is 444. The largest absolute Gasteiger partial charge is 0.469 e. The summed E-state index contributed by atoms with van der Waals surface area (Å²) in [5, 5.41) is 2.50. The second kappa shape index (κ2) is 12.5. The Balaban J connectivity index is 4.88. The highest BCUT2D eigenvalue weighted by Gasteiger charge is 2.31. The molecule has 0 bridgehead atoms. The van der Waals surface area contributed by atoms with Gasteiger partial charge in [-0.05, 0) is 33.6 Å². The lowest BCUT2D eigenvalue weighted by atomic mass is 9.93. The number of methoxy groups -OCH3 is 2. The van der Waals surface area contributed by atoms with Crippen molar-refractivity contribution in [1.29, 1.82) is 0 Å². The average Bonchev–Trinajstić information content (AvgIpc) is 2.56. The lowest BCUT2D eigenvalue weighted by Crippen LogP contribution is -2.45. The Morgan fingerprint density at radius 2 is 1.50 bits per heavy atom.